The Bertz CT molecular complexity index is 874. The smallest absolute Gasteiger partial charge is 0.256 e. The fourth-order valence-corrected chi connectivity index (χ4v) is 2.99. The van der Waals surface area contributed by atoms with E-state index in [1.807, 2.05) is 0 Å². The van der Waals surface area contributed by atoms with E-state index < -0.39 is 11.6 Å². The lowest BCUT2D eigenvalue weighted by Gasteiger charge is -2.20. The van der Waals surface area contributed by atoms with Gasteiger partial charge in [-0.2, -0.15) is 19.6 Å². The maximum atomic E-state index is 13.9. The van der Waals surface area contributed by atoms with E-state index >= 15 is 0 Å². The number of rotatable bonds is 3. The average Bonchev–Trinajstić information content (AvgIpc) is 3.17. The van der Waals surface area contributed by atoms with Crippen LogP contribution in [-0.4, -0.2) is 38.7 Å². The molecule has 1 fully saturated rings. The van der Waals surface area contributed by atoms with Crippen LogP contribution in [-0.2, 0) is 0 Å². The molecule has 24 heavy (non-hydrogen) atoms. The molecule has 3 heterocycles. The molecule has 124 valence electrons. The predicted octanol–water partition coefficient (Wildman–Crippen LogP) is 1.68. The Balaban J connectivity index is 1.52. The second-order valence-corrected chi connectivity index (χ2v) is 5.68. The molecular formula is C15H15F2N7. The molecule has 1 aliphatic heterocycles. The maximum absolute atomic E-state index is 13.9. The van der Waals surface area contributed by atoms with E-state index in [2.05, 4.69) is 20.4 Å². The molecule has 0 amide bonds. The number of para-hydroxylation sites is 1. The summed E-state index contributed by atoms with van der Waals surface area (Å²) in [7, 11) is 0. The van der Waals surface area contributed by atoms with Crippen molar-refractivity contribution in [3.63, 3.8) is 0 Å². The third-order valence-corrected chi connectivity index (χ3v) is 4.07. The molecule has 4 rings (SSSR count). The zero-order chi connectivity index (χ0) is 16.7. The van der Waals surface area contributed by atoms with Crippen molar-refractivity contribution in [2.45, 2.75) is 12.5 Å². The van der Waals surface area contributed by atoms with Gasteiger partial charge in [0.05, 0.1) is 0 Å². The molecule has 9 heteroatoms. The van der Waals surface area contributed by atoms with Gasteiger partial charge in [0.15, 0.2) is 0 Å². The minimum absolute atomic E-state index is 0.00118. The van der Waals surface area contributed by atoms with E-state index in [0.717, 1.165) is 6.42 Å². The van der Waals surface area contributed by atoms with Crippen molar-refractivity contribution in [3.05, 3.63) is 42.2 Å². The number of nitrogens with zero attached hydrogens (tertiary/aromatic N) is 5. The lowest BCUT2D eigenvalue weighted by Crippen LogP contribution is -2.27. The first-order valence-electron chi connectivity index (χ1n) is 7.53. The van der Waals surface area contributed by atoms with Crippen molar-refractivity contribution in [2.75, 3.05) is 29.0 Å². The highest BCUT2D eigenvalue weighted by Crippen LogP contribution is 2.27. The van der Waals surface area contributed by atoms with Gasteiger partial charge in [-0.15, -0.1) is 0 Å². The summed E-state index contributed by atoms with van der Waals surface area (Å²) in [4.78, 5) is 10.0. The number of nitrogens with one attached hydrogen (secondary N) is 1. The molecule has 3 aromatic rings. The molecule has 0 radical (unpaired) electrons. The summed E-state index contributed by atoms with van der Waals surface area (Å²) in [5.74, 6) is 0.266. The second kappa shape index (κ2) is 5.59. The van der Waals surface area contributed by atoms with Crippen LogP contribution in [0.4, 0.5) is 26.1 Å². The van der Waals surface area contributed by atoms with E-state index in [-0.39, 0.29) is 11.7 Å². The van der Waals surface area contributed by atoms with Gasteiger partial charge in [0.1, 0.15) is 35.3 Å². The number of hydrogen-bond acceptors (Lipinski definition) is 6. The van der Waals surface area contributed by atoms with Crippen molar-refractivity contribution in [3.8, 4) is 0 Å². The second-order valence-electron chi connectivity index (χ2n) is 5.68. The molecule has 0 aliphatic carbocycles. The zero-order valence-corrected chi connectivity index (χ0v) is 12.7. The fourth-order valence-electron chi connectivity index (χ4n) is 2.99. The highest BCUT2D eigenvalue weighted by atomic mass is 19.1. The molecule has 0 unspecified atom stereocenters. The van der Waals surface area contributed by atoms with Crippen LogP contribution in [0, 0.1) is 11.6 Å². The molecule has 0 saturated carbocycles. The van der Waals surface area contributed by atoms with Crippen LogP contribution in [0.5, 0.6) is 0 Å². The summed E-state index contributed by atoms with van der Waals surface area (Å²) >= 11 is 0. The summed E-state index contributed by atoms with van der Waals surface area (Å²) in [5.41, 5.74) is 5.92. The van der Waals surface area contributed by atoms with Gasteiger partial charge in [0.2, 0.25) is 0 Å². The number of aromatic nitrogens is 4. The van der Waals surface area contributed by atoms with Crippen LogP contribution in [0.3, 0.4) is 0 Å². The van der Waals surface area contributed by atoms with E-state index in [0.29, 0.717) is 30.5 Å². The summed E-state index contributed by atoms with van der Waals surface area (Å²) in [6.45, 7) is 1.02. The van der Waals surface area contributed by atoms with E-state index in [1.54, 1.807) is 11.0 Å². The van der Waals surface area contributed by atoms with Gasteiger partial charge in [0.25, 0.3) is 5.78 Å². The molecule has 1 aliphatic rings. The van der Waals surface area contributed by atoms with Crippen molar-refractivity contribution in [1.82, 2.24) is 19.6 Å². The third kappa shape index (κ3) is 2.47. The maximum Gasteiger partial charge on any atom is 0.256 e. The third-order valence-electron chi connectivity index (χ3n) is 4.07. The summed E-state index contributed by atoms with van der Waals surface area (Å²) in [6, 6.07) is 5.55. The number of fused-ring (bicyclic) bond motifs is 1. The number of halogens is 2. The molecule has 7 nitrogen and oxygen atoms in total. The number of benzene rings is 1. The minimum atomic E-state index is -0.553. The molecule has 3 N–H and O–H groups in total. The molecule has 1 saturated heterocycles. The van der Waals surface area contributed by atoms with Crippen LogP contribution < -0.4 is 16.0 Å². The van der Waals surface area contributed by atoms with Gasteiger partial charge in [-0.3, -0.25) is 0 Å². The first-order valence-corrected chi connectivity index (χ1v) is 7.53. The van der Waals surface area contributed by atoms with Gasteiger partial charge >= 0.3 is 0 Å². The van der Waals surface area contributed by atoms with Crippen molar-refractivity contribution >= 4 is 23.1 Å². The largest absolute Gasteiger partial charge is 0.383 e. The first-order chi connectivity index (χ1) is 11.6. The van der Waals surface area contributed by atoms with Gasteiger partial charge in [0, 0.05) is 25.2 Å². The summed E-state index contributed by atoms with van der Waals surface area (Å²) in [6.07, 6.45) is 2.11. The first kappa shape index (κ1) is 14.6. The lowest BCUT2D eigenvalue weighted by molar-refractivity contribution is 0.577. The monoisotopic (exact) mass is 331 g/mol. The number of hydrogen-bond donors (Lipinski definition) is 2. The fraction of sp³-hybridized carbons (Fsp3) is 0.267. The quantitative estimate of drug-likeness (QED) is 0.760. The Labute approximate surface area is 136 Å². The summed E-state index contributed by atoms with van der Waals surface area (Å²) < 4.78 is 29.2. The van der Waals surface area contributed by atoms with Crippen molar-refractivity contribution < 1.29 is 8.78 Å². The molecule has 2 aromatic heterocycles. The van der Waals surface area contributed by atoms with Crippen LogP contribution in [0.2, 0.25) is 0 Å². The van der Waals surface area contributed by atoms with Crippen LogP contribution in [0.1, 0.15) is 6.42 Å². The van der Waals surface area contributed by atoms with E-state index in [9.17, 15) is 8.78 Å². The molecular weight excluding hydrogens is 316 g/mol. The van der Waals surface area contributed by atoms with Gasteiger partial charge in [-0.05, 0) is 18.6 Å². The average molecular weight is 331 g/mol. The normalized spacial score (nSPS) is 17.6. The SMILES string of the molecule is Nc1cc(N[C@H]2CCN(c3c(F)cccc3F)C2)nc2ncnn12. The molecule has 0 spiro atoms. The number of anilines is 3. The van der Waals surface area contributed by atoms with Crippen LogP contribution in [0.25, 0.3) is 5.78 Å². The Morgan fingerprint density at radius 2 is 2.04 bits per heavy atom. The molecule has 0 bridgehead atoms. The predicted molar refractivity (Wildman–Crippen MR) is 85.8 cm³/mol. The van der Waals surface area contributed by atoms with Crippen molar-refractivity contribution in [2.24, 2.45) is 0 Å². The van der Waals surface area contributed by atoms with Crippen molar-refractivity contribution in [1.29, 1.82) is 0 Å². The topological polar surface area (TPSA) is 84.4 Å². The number of nitrogen functional groups attached to an aromatic ring is 1. The highest BCUT2D eigenvalue weighted by molar-refractivity contribution is 5.54. The summed E-state index contributed by atoms with van der Waals surface area (Å²) in [5, 5.41) is 7.20. The van der Waals surface area contributed by atoms with Crippen LogP contribution in [0.15, 0.2) is 30.6 Å². The molecule has 1 atom stereocenters. The zero-order valence-electron chi connectivity index (χ0n) is 12.7. The van der Waals surface area contributed by atoms with E-state index in [4.69, 9.17) is 5.73 Å². The Morgan fingerprint density at radius 1 is 1.25 bits per heavy atom. The Morgan fingerprint density at radius 3 is 2.83 bits per heavy atom. The Kier molecular flexibility index (Phi) is 3.40. The van der Waals surface area contributed by atoms with Gasteiger partial charge in [-0.1, -0.05) is 6.07 Å². The standard InChI is InChI=1S/C15H15F2N7/c16-10-2-1-3-11(17)14(10)23-5-4-9(7-23)21-13-6-12(18)24-15(22-13)19-8-20-24/h1-3,6,8-9H,4-5,7,18H2,(H,19,20,21,22)/t9-/m0/s1. The van der Waals surface area contributed by atoms with E-state index in [1.165, 1.54) is 29.0 Å². The highest BCUT2D eigenvalue weighted by Gasteiger charge is 2.27. The van der Waals surface area contributed by atoms with Crippen LogP contribution >= 0.6 is 0 Å². The Hall–Kier alpha value is -2.97. The van der Waals surface area contributed by atoms with Gasteiger partial charge < -0.3 is 16.0 Å². The number of nitrogens with two attached hydrogens (primary N) is 1. The minimum Gasteiger partial charge on any atom is -0.383 e. The lowest BCUT2D eigenvalue weighted by atomic mass is 10.2. The molecule has 1 aromatic carbocycles. The van der Waals surface area contributed by atoms with Gasteiger partial charge in [-0.25, -0.2) is 8.78 Å².